The summed E-state index contributed by atoms with van der Waals surface area (Å²) in [6, 6.07) is 13.4. The van der Waals surface area contributed by atoms with Crippen molar-refractivity contribution in [2.75, 3.05) is 39.5 Å². The molecule has 1 fully saturated rings. The molecule has 2 aromatic carbocycles. The molecule has 1 N–H and O–H groups in total. The molecule has 0 bridgehead atoms. The number of rotatable bonds is 3. The maximum Gasteiger partial charge on any atom is 0.260 e. The third-order valence-corrected chi connectivity index (χ3v) is 6.60. The van der Waals surface area contributed by atoms with Gasteiger partial charge in [-0.25, -0.2) is 0 Å². The van der Waals surface area contributed by atoms with Crippen LogP contribution in [-0.2, 0) is 20.7 Å². The van der Waals surface area contributed by atoms with E-state index in [1.165, 1.54) is 0 Å². The molecule has 7 nitrogen and oxygen atoms in total. The molecule has 0 aliphatic carbocycles. The number of nitrogens with zero attached hydrogens (tertiary/aromatic N) is 1. The Balaban J connectivity index is 1.41. The lowest BCUT2D eigenvalue weighted by atomic mass is 9.91. The lowest BCUT2D eigenvalue weighted by Crippen LogP contribution is -2.61. The molecular formula is C26H31ClN2O5. The van der Waals surface area contributed by atoms with Gasteiger partial charge in [0, 0.05) is 6.54 Å². The van der Waals surface area contributed by atoms with Gasteiger partial charge in [-0.3, -0.25) is 9.59 Å². The third-order valence-electron chi connectivity index (χ3n) is 6.28. The molecule has 1 saturated heterocycles. The Hall–Kier alpha value is -2.77. The summed E-state index contributed by atoms with van der Waals surface area (Å²) in [5.41, 5.74) is 1.08. The van der Waals surface area contributed by atoms with Gasteiger partial charge in [0.2, 0.25) is 0 Å². The second-order valence-corrected chi connectivity index (χ2v) is 9.21. The first-order chi connectivity index (χ1) is 16.5. The first-order valence-corrected chi connectivity index (χ1v) is 12.1. The predicted molar refractivity (Wildman–Crippen MR) is 129 cm³/mol. The van der Waals surface area contributed by atoms with Crippen LogP contribution in [0.4, 0.5) is 0 Å². The second kappa shape index (κ2) is 11.1. The summed E-state index contributed by atoms with van der Waals surface area (Å²) in [5, 5.41) is 3.40. The standard InChI is InChI=1S/C26H31ClN2O5/c1-19-9-10-21(27)23(16-19)33-17-24(30)29-13-15-34-26(18-29)11-5-4-7-20-6-2-3-8-22(20)32-14-12-28-25(26)31/h2-3,6,8-10,16H,4-5,7,11-15,17-18H2,1H3,(H,28,31). The summed E-state index contributed by atoms with van der Waals surface area (Å²) >= 11 is 6.19. The molecule has 8 heteroatoms. The number of hydrogen-bond donors (Lipinski definition) is 1. The van der Waals surface area contributed by atoms with Gasteiger partial charge >= 0.3 is 0 Å². The van der Waals surface area contributed by atoms with Gasteiger partial charge < -0.3 is 24.4 Å². The minimum atomic E-state index is -1.08. The van der Waals surface area contributed by atoms with Crippen LogP contribution in [0.3, 0.4) is 0 Å². The number of carbonyl (C=O) groups is 2. The van der Waals surface area contributed by atoms with E-state index in [1.54, 1.807) is 17.0 Å². The highest BCUT2D eigenvalue weighted by atomic mass is 35.5. The first-order valence-electron chi connectivity index (χ1n) is 11.8. The van der Waals surface area contributed by atoms with Crippen molar-refractivity contribution in [1.29, 1.82) is 0 Å². The average molecular weight is 487 g/mol. The normalized spacial score (nSPS) is 21.5. The Bertz CT molecular complexity index is 1030. The Morgan fingerprint density at radius 2 is 2.06 bits per heavy atom. The zero-order chi connectivity index (χ0) is 24.0. The molecule has 2 aromatic rings. The van der Waals surface area contributed by atoms with Crippen LogP contribution in [0.5, 0.6) is 11.5 Å². The fraction of sp³-hybridized carbons (Fsp3) is 0.462. The van der Waals surface area contributed by atoms with Crippen LogP contribution >= 0.6 is 11.6 Å². The van der Waals surface area contributed by atoms with E-state index in [9.17, 15) is 9.59 Å². The van der Waals surface area contributed by atoms with Crippen molar-refractivity contribution in [3.63, 3.8) is 0 Å². The second-order valence-electron chi connectivity index (χ2n) is 8.80. The average Bonchev–Trinajstić information content (AvgIpc) is 2.85. The zero-order valence-corrected chi connectivity index (χ0v) is 20.2. The van der Waals surface area contributed by atoms with Crippen LogP contribution in [0.1, 0.15) is 30.4 Å². The van der Waals surface area contributed by atoms with Crippen LogP contribution in [0.15, 0.2) is 42.5 Å². The molecule has 2 aliphatic heterocycles. The predicted octanol–water partition coefficient (Wildman–Crippen LogP) is 3.55. The summed E-state index contributed by atoms with van der Waals surface area (Å²) in [7, 11) is 0. The van der Waals surface area contributed by atoms with Crippen molar-refractivity contribution in [2.45, 2.75) is 38.2 Å². The Kier molecular flexibility index (Phi) is 7.95. The number of aryl methyl sites for hydroxylation is 2. The highest BCUT2D eigenvalue weighted by Crippen LogP contribution is 2.29. The largest absolute Gasteiger partial charge is 0.491 e. The van der Waals surface area contributed by atoms with Gasteiger partial charge in [-0.1, -0.05) is 35.9 Å². The van der Waals surface area contributed by atoms with Crippen LogP contribution < -0.4 is 14.8 Å². The number of benzene rings is 2. The molecule has 1 spiro atoms. The lowest BCUT2D eigenvalue weighted by Gasteiger charge is -2.41. The number of morpholine rings is 1. The van der Waals surface area contributed by atoms with Crippen LogP contribution in [0, 0.1) is 6.92 Å². The highest BCUT2D eigenvalue weighted by molar-refractivity contribution is 6.32. The summed E-state index contributed by atoms with van der Waals surface area (Å²) in [6.45, 7) is 3.42. The minimum absolute atomic E-state index is 0.147. The topological polar surface area (TPSA) is 77.1 Å². The molecule has 0 radical (unpaired) electrons. The number of hydrogen-bond acceptors (Lipinski definition) is 5. The fourth-order valence-electron chi connectivity index (χ4n) is 4.41. The van der Waals surface area contributed by atoms with Gasteiger partial charge in [-0.15, -0.1) is 0 Å². The summed E-state index contributed by atoms with van der Waals surface area (Å²) in [4.78, 5) is 27.8. The maximum absolute atomic E-state index is 13.2. The summed E-state index contributed by atoms with van der Waals surface area (Å²) in [6.07, 6.45) is 3.08. The van der Waals surface area contributed by atoms with Gasteiger partial charge in [0.05, 0.1) is 24.7 Å². The molecule has 0 saturated carbocycles. The molecule has 4 rings (SSSR count). The Morgan fingerprint density at radius 3 is 2.94 bits per heavy atom. The number of nitrogens with one attached hydrogen (secondary N) is 1. The van der Waals surface area contributed by atoms with E-state index in [4.69, 9.17) is 25.8 Å². The highest BCUT2D eigenvalue weighted by Gasteiger charge is 2.44. The zero-order valence-electron chi connectivity index (χ0n) is 19.5. The Morgan fingerprint density at radius 1 is 1.21 bits per heavy atom. The van der Waals surface area contributed by atoms with Crippen LogP contribution in [0.2, 0.25) is 5.02 Å². The number of ether oxygens (including phenoxy) is 3. The molecule has 2 amide bonds. The minimum Gasteiger partial charge on any atom is -0.491 e. The van der Waals surface area contributed by atoms with E-state index < -0.39 is 5.60 Å². The summed E-state index contributed by atoms with van der Waals surface area (Å²) < 4.78 is 17.6. The number of halogens is 1. The molecule has 2 heterocycles. The lowest BCUT2D eigenvalue weighted by molar-refractivity contribution is -0.168. The van der Waals surface area contributed by atoms with Crippen molar-refractivity contribution < 1.29 is 23.8 Å². The first kappa shape index (κ1) is 24.4. The van der Waals surface area contributed by atoms with E-state index in [1.807, 2.05) is 31.2 Å². The number of amides is 2. The van der Waals surface area contributed by atoms with Gasteiger partial charge in [-0.2, -0.15) is 0 Å². The van der Waals surface area contributed by atoms with E-state index in [0.29, 0.717) is 43.5 Å². The van der Waals surface area contributed by atoms with Crippen molar-refractivity contribution in [3.05, 3.63) is 58.6 Å². The van der Waals surface area contributed by atoms with Gasteiger partial charge in [0.25, 0.3) is 11.8 Å². The van der Waals surface area contributed by atoms with E-state index in [-0.39, 0.29) is 25.0 Å². The quantitative estimate of drug-likeness (QED) is 0.718. The smallest absolute Gasteiger partial charge is 0.260 e. The maximum atomic E-state index is 13.2. The molecule has 0 aromatic heterocycles. The van der Waals surface area contributed by atoms with Crippen molar-refractivity contribution in [3.8, 4) is 11.5 Å². The number of para-hydroxylation sites is 1. The van der Waals surface area contributed by atoms with Crippen molar-refractivity contribution in [1.82, 2.24) is 10.2 Å². The molecule has 2 aliphatic rings. The molecule has 182 valence electrons. The van der Waals surface area contributed by atoms with Crippen molar-refractivity contribution in [2.24, 2.45) is 0 Å². The molecule has 34 heavy (non-hydrogen) atoms. The molecule has 1 unspecified atom stereocenters. The van der Waals surface area contributed by atoms with Crippen LogP contribution in [-0.4, -0.2) is 61.8 Å². The third kappa shape index (κ3) is 5.83. The fourth-order valence-corrected chi connectivity index (χ4v) is 4.59. The monoisotopic (exact) mass is 486 g/mol. The van der Waals surface area contributed by atoms with E-state index in [0.717, 1.165) is 36.1 Å². The van der Waals surface area contributed by atoms with Crippen molar-refractivity contribution >= 4 is 23.4 Å². The number of fused-ring (bicyclic) bond motifs is 1. The van der Waals surface area contributed by atoms with Crippen LogP contribution in [0.25, 0.3) is 0 Å². The van der Waals surface area contributed by atoms with E-state index in [2.05, 4.69) is 11.4 Å². The van der Waals surface area contributed by atoms with Gasteiger partial charge in [0.15, 0.2) is 12.2 Å². The summed E-state index contributed by atoms with van der Waals surface area (Å²) in [5.74, 6) is 0.940. The van der Waals surface area contributed by atoms with Gasteiger partial charge in [-0.05, 0) is 61.9 Å². The van der Waals surface area contributed by atoms with E-state index >= 15 is 0 Å². The van der Waals surface area contributed by atoms with Gasteiger partial charge in [0.1, 0.15) is 18.1 Å². The number of carbonyl (C=O) groups excluding carboxylic acids is 2. The molecular weight excluding hydrogens is 456 g/mol. The Labute approximate surface area is 205 Å². The SMILES string of the molecule is Cc1ccc(Cl)c(OCC(=O)N2CCOC3(CCCCc4ccccc4OCCNC3=O)C2)c1. The molecule has 1 atom stereocenters.